The Labute approximate surface area is 96.9 Å². The van der Waals surface area contributed by atoms with Gasteiger partial charge in [-0.1, -0.05) is 0 Å². The number of nitrogens with one attached hydrogen (secondary N) is 1. The smallest absolute Gasteiger partial charge is 0.321 e. The van der Waals surface area contributed by atoms with Crippen LogP contribution in [-0.4, -0.2) is 39.6 Å². The van der Waals surface area contributed by atoms with E-state index in [1.54, 1.807) is 13.8 Å². The molecule has 0 aliphatic heterocycles. The zero-order valence-corrected chi connectivity index (χ0v) is 9.84. The van der Waals surface area contributed by atoms with Gasteiger partial charge < -0.3 is 16.6 Å². The van der Waals surface area contributed by atoms with E-state index in [2.05, 4.69) is 0 Å². The van der Waals surface area contributed by atoms with Gasteiger partial charge in [0.15, 0.2) is 0 Å². The number of aliphatic carboxylic acids is 1. The molecule has 7 nitrogen and oxygen atoms in total. The highest BCUT2D eigenvalue weighted by atomic mass is 32.2. The minimum Gasteiger partial charge on any atom is -0.480 e. The van der Waals surface area contributed by atoms with E-state index in [1.165, 1.54) is 0 Å². The van der Waals surface area contributed by atoms with Crippen LogP contribution in [0, 0.1) is 0 Å². The van der Waals surface area contributed by atoms with E-state index in [-0.39, 0.29) is 5.75 Å². The number of imide groups is 1. The number of hydrogen-bond acceptors (Lipinski definition) is 5. The van der Waals surface area contributed by atoms with E-state index in [1.807, 2.05) is 5.32 Å². The Morgan fingerprint density at radius 3 is 2.31 bits per heavy atom. The monoisotopic (exact) mass is 249 g/mol. The highest BCUT2D eigenvalue weighted by Gasteiger charge is 2.33. The summed E-state index contributed by atoms with van der Waals surface area (Å²) in [5.74, 6) is -1.81. The second-order valence-electron chi connectivity index (χ2n) is 3.62. The first-order chi connectivity index (χ1) is 7.16. The number of carbonyl (C=O) groups excluding carboxylic acids is 2. The van der Waals surface area contributed by atoms with Gasteiger partial charge in [0.2, 0.25) is 5.91 Å². The molecule has 0 aromatic carbocycles. The summed E-state index contributed by atoms with van der Waals surface area (Å²) in [6.07, 6.45) is 0. The average molecular weight is 249 g/mol. The molecule has 92 valence electrons. The Kier molecular flexibility index (Phi) is 5.25. The molecule has 0 radical (unpaired) electrons. The summed E-state index contributed by atoms with van der Waals surface area (Å²) in [6, 6.07) is -2.04. The molecule has 0 fully saturated rings. The predicted molar refractivity (Wildman–Crippen MR) is 59.9 cm³/mol. The van der Waals surface area contributed by atoms with Gasteiger partial charge in [-0.3, -0.25) is 14.9 Å². The Bertz CT molecular complexity index is 306. The highest BCUT2D eigenvalue weighted by Crippen LogP contribution is 2.27. The number of nitrogens with two attached hydrogens (primary N) is 2. The molecule has 16 heavy (non-hydrogen) atoms. The lowest BCUT2D eigenvalue weighted by Crippen LogP contribution is -2.47. The summed E-state index contributed by atoms with van der Waals surface area (Å²) in [6.45, 7) is 3.21. The van der Waals surface area contributed by atoms with Crippen LogP contribution in [0.5, 0.6) is 0 Å². The fourth-order valence-electron chi connectivity index (χ4n) is 0.812. The van der Waals surface area contributed by atoms with Crippen molar-refractivity contribution in [1.82, 2.24) is 5.32 Å². The first-order valence-electron chi connectivity index (χ1n) is 4.38. The lowest BCUT2D eigenvalue weighted by atomic mass is 10.1. The molecule has 0 aliphatic carbocycles. The molecule has 0 saturated heterocycles. The third-order valence-electron chi connectivity index (χ3n) is 1.85. The first-order valence-corrected chi connectivity index (χ1v) is 5.37. The van der Waals surface area contributed by atoms with Gasteiger partial charge in [-0.05, 0) is 13.8 Å². The molecular weight excluding hydrogens is 234 g/mol. The molecule has 0 saturated carbocycles. The summed E-state index contributed by atoms with van der Waals surface area (Å²) in [5, 5.41) is 10.6. The molecule has 0 aromatic rings. The van der Waals surface area contributed by atoms with Crippen LogP contribution in [0.2, 0.25) is 0 Å². The van der Waals surface area contributed by atoms with Crippen molar-refractivity contribution < 1.29 is 19.5 Å². The molecule has 6 N–H and O–H groups in total. The minimum absolute atomic E-state index is 0.0864. The molecule has 0 bridgehead atoms. The Morgan fingerprint density at radius 1 is 1.44 bits per heavy atom. The summed E-state index contributed by atoms with van der Waals surface area (Å²) in [7, 11) is 0. The lowest BCUT2D eigenvalue weighted by Gasteiger charge is -2.27. The van der Waals surface area contributed by atoms with Gasteiger partial charge in [0.1, 0.15) is 6.04 Å². The number of thioether (sulfide) groups is 1. The van der Waals surface area contributed by atoms with Crippen LogP contribution in [0.15, 0.2) is 0 Å². The minimum atomic E-state index is -1.15. The SMILES string of the molecule is CC(C)(SCC(=O)NC(N)=O)[C@H](N)C(=O)O. The van der Waals surface area contributed by atoms with Crippen molar-refractivity contribution in [2.75, 3.05) is 5.75 Å². The topological polar surface area (TPSA) is 136 Å². The van der Waals surface area contributed by atoms with Gasteiger partial charge in [-0.15, -0.1) is 11.8 Å². The van der Waals surface area contributed by atoms with Gasteiger partial charge in [-0.25, -0.2) is 4.79 Å². The predicted octanol–water partition coefficient (Wildman–Crippen LogP) is -0.895. The number of urea groups is 1. The van der Waals surface area contributed by atoms with E-state index in [0.717, 1.165) is 11.8 Å². The van der Waals surface area contributed by atoms with Crippen molar-refractivity contribution in [3.8, 4) is 0 Å². The van der Waals surface area contributed by atoms with Gasteiger partial charge >= 0.3 is 12.0 Å². The summed E-state index contributed by atoms with van der Waals surface area (Å²) >= 11 is 1.04. The number of carboxylic acids is 1. The molecule has 3 amide bonds. The maximum absolute atomic E-state index is 11.1. The average Bonchev–Trinajstić information content (AvgIpc) is 2.12. The zero-order valence-electron chi connectivity index (χ0n) is 9.02. The van der Waals surface area contributed by atoms with E-state index >= 15 is 0 Å². The Morgan fingerprint density at radius 2 is 1.94 bits per heavy atom. The second kappa shape index (κ2) is 5.71. The van der Waals surface area contributed by atoms with Crippen molar-refractivity contribution >= 4 is 29.7 Å². The molecule has 0 spiro atoms. The van der Waals surface area contributed by atoms with Crippen LogP contribution in [0.3, 0.4) is 0 Å². The molecule has 0 aliphatic rings. The summed E-state index contributed by atoms with van der Waals surface area (Å²) < 4.78 is -0.819. The van der Waals surface area contributed by atoms with Crippen LogP contribution in [-0.2, 0) is 9.59 Å². The number of rotatable bonds is 5. The van der Waals surface area contributed by atoms with Gasteiger partial charge in [0.05, 0.1) is 5.75 Å². The molecule has 0 heterocycles. The molecule has 0 aromatic heterocycles. The Balaban J connectivity index is 4.23. The zero-order chi connectivity index (χ0) is 12.9. The third kappa shape index (κ3) is 4.99. The normalized spacial score (nSPS) is 12.9. The quantitative estimate of drug-likeness (QED) is 0.499. The van der Waals surface area contributed by atoms with Crippen molar-refractivity contribution in [3.63, 3.8) is 0 Å². The standard InChI is InChI=1S/C8H15N3O4S/c1-8(2,5(9)6(13)14)16-3-4(12)11-7(10)15/h5H,3,9H2,1-2H3,(H,13,14)(H3,10,11,12,15)/t5-/m1/s1. The number of amides is 3. The molecule has 0 unspecified atom stereocenters. The molecule has 1 atom stereocenters. The number of carboxylic acid groups (broad SMARTS) is 1. The lowest BCUT2D eigenvalue weighted by molar-refractivity contribution is -0.139. The number of carbonyl (C=O) groups is 3. The van der Waals surface area contributed by atoms with Crippen LogP contribution in [0.25, 0.3) is 0 Å². The maximum Gasteiger partial charge on any atom is 0.321 e. The maximum atomic E-state index is 11.1. The van der Waals surface area contributed by atoms with E-state index in [9.17, 15) is 14.4 Å². The summed E-state index contributed by atoms with van der Waals surface area (Å²) in [5.41, 5.74) is 10.2. The number of primary amides is 1. The van der Waals surface area contributed by atoms with Crippen molar-refractivity contribution in [1.29, 1.82) is 0 Å². The third-order valence-corrected chi connectivity index (χ3v) is 3.26. The highest BCUT2D eigenvalue weighted by molar-refractivity contribution is 8.01. The van der Waals surface area contributed by atoms with Crippen LogP contribution in [0.4, 0.5) is 4.79 Å². The van der Waals surface area contributed by atoms with Crippen LogP contribution < -0.4 is 16.8 Å². The van der Waals surface area contributed by atoms with Crippen LogP contribution >= 0.6 is 11.8 Å². The summed E-state index contributed by atoms with van der Waals surface area (Å²) in [4.78, 5) is 32.1. The van der Waals surface area contributed by atoms with E-state index in [0.29, 0.717) is 0 Å². The fraction of sp³-hybridized carbons (Fsp3) is 0.625. The number of hydrogen-bond donors (Lipinski definition) is 4. The van der Waals surface area contributed by atoms with Crippen molar-refractivity contribution in [2.24, 2.45) is 11.5 Å². The van der Waals surface area contributed by atoms with E-state index in [4.69, 9.17) is 16.6 Å². The van der Waals surface area contributed by atoms with Crippen molar-refractivity contribution in [3.05, 3.63) is 0 Å². The first kappa shape index (κ1) is 14.7. The largest absolute Gasteiger partial charge is 0.480 e. The van der Waals surface area contributed by atoms with Crippen LogP contribution in [0.1, 0.15) is 13.8 Å². The molecule has 8 heteroatoms. The fourth-order valence-corrected chi connectivity index (χ4v) is 1.67. The van der Waals surface area contributed by atoms with Gasteiger partial charge in [-0.2, -0.15) is 0 Å². The van der Waals surface area contributed by atoms with Crippen molar-refractivity contribution in [2.45, 2.75) is 24.6 Å². The van der Waals surface area contributed by atoms with Gasteiger partial charge in [0.25, 0.3) is 0 Å². The second-order valence-corrected chi connectivity index (χ2v) is 5.25. The molecular formula is C8H15N3O4S. The van der Waals surface area contributed by atoms with E-state index < -0.39 is 28.7 Å². The molecule has 0 rings (SSSR count). The Hall–Kier alpha value is -1.28. The van der Waals surface area contributed by atoms with Gasteiger partial charge in [0, 0.05) is 4.75 Å².